The average Bonchev–Trinajstić information content (AvgIpc) is 2.08. The second kappa shape index (κ2) is 2.76. The van der Waals surface area contributed by atoms with Gasteiger partial charge in [-0.1, -0.05) is 0 Å². The minimum absolute atomic E-state index is 0.285. The van der Waals surface area contributed by atoms with Gasteiger partial charge in [0.2, 0.25) is 0 Å². The minimum atomic E-state index is 0.285. The summed E-state index contributed by atoms with van der Waals surface area (Å²) in [7, 11) is 0. The van der Waals surface area contributed by atoms with Crippen LogP contribution in [0.2, 0.25) is 0 Å². The first-order valence-corrected chi connectivity index (χ1v) is 4.43. The van der Waals surface area contributed by atoms with Crippen LogP contribution in [0.3, 0.4) is 0 Å². The van der Waals surface area contributed by atoms with Gasteiger partial charge in [0.15, 0.2) is 0 Å². The lowest BCUT2D eigenvalue weighted by atomic mass is 10.1. The maximum atomic E-state index is 5.87. The summed E-state index contributed by atoms with van der Waals surface area (Å²) in [5, 5.41) is 0. The van der Waals surface area contributed by atoms with Crippen LogP contribution in [0, 0.1) is 0 Å². The van der Waals surface area contributed by atoms with Gasteiger partial charge in [0, 0.05) is 24.2 Å². The molecular formula is C9H20N2. The van der Waals surface area contributed by atoms with Gasteiger partial charge in [-0.05, 0) is 34.1 Å². The Balaban J connectivity index is 2.60. The van der Waals surface area contributed by atoms with Crippen LogP contribution < -0.4 is 5.73 Å². The van der Waals surface area contributed by atoms with Crippen molar-refractivity contribution in [2.75, 3.05) is 6.54 Å². The van der Waals surface area contributed by atoms with Crippen LogP contribution in [0.5, 0.6) is 0 Å². The van der Waals surface area contributed by atoms with Gasteiger partial charge in [-0.2, -0.15) is 0 Å². The van der Waals surface area contributed by atoms with Crippen LogP contribution in [-0.4, -0.2) is 29.1 Å². The Bertz CT molecular complexity index is 137. The van der Waals surface area contributed by atoms with Crippen LogP contribution in [0.25, 0.3) is 0 Å². The van der Waals surface area contributed by atoms with Gasteiger partial charge in [0.1, 0.15) is 0 Å². The number of nitrogens with two attached hydrogens (primary N) is 1. The summed E-state index contributed by atoms with van der Waals surface area (Å²) in [5.74, 6) is 0. The normalized spacial score (nSPS) is 34.6. The van der Waals surface area contributed by atoms with Gasteiger partial charge in [-0.3, -0.25) is 4.90 Å². The van der Waals surface area contributed by atoms with Crippen molar-refractivity contribution in [2.45, 2.75) is 51.7 Å². The van der Waals surface area contributed by atoms with Crippen LogP contribution in [0.4, 0.5) is 0 Å². The average molecular weight is 156 g/mol. The van der Waals surface area contributed by atoms with E-state index in [0.29, 0.717) is 12.1 Å². The fourth-order valence-corrected chi connectivity index (χ4v) is 2.01. The molecule has 1 aliphatic rings. The summed E-state index contributed by atoms with van der Waals surface area (Å²) >= 11 is 0. The summed E-state index contributed by atoms with van der Waals surface area (Å²) < 4.78 is 0. The molecule has 1 heterocycles. The molecule has 2 heteroatoms. The van der Waals surface area contributed by atoms with Crippen molar-refractivity contribution in [2.24, 2.45) is 5.73 Å². The third-order valence-corrected chi connectivity index (χ3v) is 2.47. The monoisotopic (exact) mass is 156 g/mol. The fourth-order valence-electron chi connectivity index (χ4n) is 2.01. The number of nitrogens with zero attached hydrogens (tertiary/aromatic N) is 1. The SMILES string of the molecule is C[C@@H]1C[C@@H](N)CN1C(C)(C)C. The Hall–Kier alpha value is -0.0800. The molecule has 2 nitrogen and oxygen atoms in total. The Morgan fingerprint density at radius 2 is 1.91 bits per heavy atom. The highest BCUT2D eigenvalue weighted by atomic mass is 15.2. The van der Waals surface area contributed by atoms with Crippen molar-refractivity contribution < 1.29 is 0 Å². The van der Waals surface area contributed by atoms with Gasteiger partial charge < -0.3 is 5.73 Å². The van der Waals surface area contributed by atoms with Crippen molar-refractivity contribution in [1.29, 1.82) is 0 Å². The van der Waals surface area contributed by atoms with Gasteiger partial charge in [-0.15, -0.1) is 0 Å². The third-order valence-electron chi connectivity index (χ3n) is 2.47. The third kappa shape index (κ3) is 1.94. The van der Waals surface area contributed by atoms with E-state index in [2.05, 4.69) is 32.6 Å². The van der Waals surface area contributed by atoms with Crippen molar-refractivity contribution in [3.05, 3.63) is 0 Å². The Kier molecular flexibility index (Phi) is 2.26. The molecule has 0 saturated carbocycles. The van der Waals surface area contributed by atoms with Gasteiger partial charge in [0.05, 0.1) is 0 Å². The Labute approximate surface area is 69.8 Å². The zero-order chi connectivity index (χ0) is 8.65. The lowest BCUT2D eigenvalue weighted by molar-refractivity contribution is 0.129. The van der Waals surface area contributed by atoms with Crippen LogP contribution in [0.1, 0.15) is 34.1 Å². The lowest BCUT2D eigenvalue weighted by Crippen LogP contribution is -2.44. The molecule has 1 saturated heterocycles. The van der Waals surface area contributed by atoms with Crippen LogP contribution >= 0.6 is 0 Å². The molecule has 0 spiro atoms. The molecule has 0 radical (unpaired) electrons. The molecule has 0 aromatic heterocycles. The molecule has 1 fully saturated rings. The second-order valence-corrected chi connectivity index (χ2v) is 4.67. The molecule has 0 aromatic rings. The Morgan fingerprint density at radius 3 is 2.09 bits per heavy atom. The maximum absolute atomic E-state index is 5.87. The highest BCUT2D eigenvalue weighted by Gasteiger charge is 2.33. The van der Waals surface area contributed by atoms with Crippen LogP contribution in [-0.2, 0) is 0 Å². The summed E-state index contributed by atoms with van der Waals surface area (Å²) in [5.41, 5.74) is 6.16. The molecule has 0 unspecified atom stereocenters. The number of likely N-dealkylation sites (tertiary alicyclic amines) is 1. The topological polar surface area (TPSA) is 29.3 Å². The van der Waals surface area contributed by atoms with E-state index < -0.39 is 0 Å². The van der Waals surface area contributed by atoms with E-state index in [1.807, 2.05) is 0 Å². The first-order chi connectivity index (χ1) is 4.91. The zero-order valence-electron chi connectivity index (χ0n) is 8.09. The molecule has 11 heavy (non-hydrogen) atoms. The molecule has 0 bridgehead atoms. The predicted molar refractivity (Wildman–Crippen MR) is 48.5 cm³/mol. The number of rotatable bonds is 0. The van der Waals surface area contributed by atoms with Gasteiger partial charge >= 0.3 is 0 Å². The van der Waals surface area contributed by atoms with Crippen LogP contribution in [0.15, 0.2) is 0 Å². The molecule has 66 valence electrons. The first kappa shape index (κ1) is 9.01. The number of hydrogen-bond donors (Lipinski definition) is 1. The standard InChI is InChI=1S/C9H20N2/c1-7-5-8(10)6-11(7)9(2,3)4/h7-8H,5-6,10H2,1-4H3/t7-,8-/m1/s1. The van der Waals surface area contributed by atoms with Gasteiger partial charge in [-0.25, -0.2) is 0 Å². The van der Waals surface area contributed by atoms with Crippen molar-refractivity contribution >= 4 is 0 Å². The van der Waals surface area contributed by atoms with E-state index in [1.165, 1.54) is 0 Å². The fraction of sp³-hybridized carbons (Fsp3) is 1.00. The molecule has 0 amide bonds. The molecule has 0 aliphatic carbocycles. The quantitative estimate of drug-likeness (QED) is 0.571. The molecule has 2 N–H and O–H groups in total. The molecule has 0 aromatic carbocycles. The highest BCUT2D eigenvalue weighted by molar-refractivity contribution is 4.91. The van der Waals surface area contributed by atoms with E-state index in [9.17, 15) is 0 Å². The van der Waals surface area contributed by atoms with Crippen molar-refractivity contribution in [1.82, 2.24) is 4.90 Å². The summed E-state index contributed by atoms with van der Waals surface area (Å²) in [6, 6.07) is 1.05. The number of hydrogen-bond acceptors (Lipinski definition) is 2. The largest absolute Gasteiger partial charge is 0.326 e. The molecule has 2 atom stereocenters. The second-order valence-electron chi connectivity index (χ2n) is 4.67. The lowest BCUT2D eigenvalue weighted by Gasteiger charge is -2.35. The summed E-state index contributed by atoms with van der Waals surface area (Å²) in [4.78, 5) is 2.48. The van der Waals surface area contributed by atoms with E-state index in [-0.39, 0.29) is 5.54 Å². The van der Waals surface area contributed by atoms with Gasteiger partial charge in [0.25, 0.3) is 0 Å². The van der Waals surface area contributed by atoms with Crippen molar-refractivity contribution in [3.8, 4) is 0 Å². The molecule has 1 aliphatic heterocycles. The summed E-state index contributed by atoms with van der Waals surface area (Å²) in [6.45, 7) is 10.1. The van der Waals surface area contributed by atoms with E-state index >= 15 is 0 Å². The molecular weight excluding hydrogens is 136 g/mol. The predicted octanol–water partition coefficient (Wildman–Crippen LogP) is 1.21. The first-order valence-electron chi connectivity index (χ1n) is 4.43. The highest BCUT2D eigenvalue weighted by Crippen LogP contribution is 2.24. The van der Waals surface area contributed by atoms with E-state index in [1.54, 1.807) is 0 Å². The smallest absolute Gasteiger partial charge is 0.0182 e. The summed E-state index contributed by atoms with van der Waals surface area (Å²) in [6.07, 6.45) is 1.15. The van der Waals surface area contributed by atoms with E-state index in [0.717, 1.165) is 13.0 Å². The maximum Gasteiger partial charge on any atom is 0.0182 e. The van der Waals surface area contributed by atoms with Crippen molar-refractivity contribution in [3.63, 3.8) is 0 Å². The molecule has 1 rings (SSSR count). The van der Waals surface area contributed by atoms with E-state index in [4.69, 9.17) is 5.73 Å². The Morgan fingerprint density at radius 1 is 1.36 bits per heavy atom. The zero-order valence-corrected chi connectivity index (χ0v) is 8.09. The minimum Gasteiger partial charge on any atom is -0.326 e.